The predicted octanol–water partition coefficient (Wildman–Crippen LogP) is 5.05. The van der Waals surface area contributed by atoms with E-state index in [1.54, 1.807) is 30.3 Å². The quantitative estimate of drug-likeness (QED) is 0.514. The van der Waals surface area contributed by atoms with Crippen LogP contribution in [0.5, 0.6) is 0 Å². The number of hydrogen-bond acceptors (Lipinski definition) is 1. The molecule has 0 spiro atoms. The molecule has 0 atom stereocenters. The number of carboxylic acid groups (broad SMARTS) is 1. The number of benzene rings is 2. The van der Waals surface area contributed by atoms with Gasteiger partial charge in [0.05, 0.1) is 5.56 Å². The minimum absolute atomic E-state index is 0.301. The Hall–Kier alpha value is -0.111. The van der Waals surface area contributed by atoms with Crippen LogP contribution in [0.15, 0.2) is 61.2 Å². The molecule has 0 saturated heterocycles. The Morgan fingerprint density at radius 3 is 1.86 bits per heavy atom. The SMILES string of the molecule is C=Cc1ccc(C(=O)O)cc1.[Br][Sn]([Br])([Br])[c]1ccccc1. The van der Waals surface area contributed by atoms with Crippen LogP contribution < -0.4 is 3.58 Å². The summed E-state index contributed by atoms with van der Waals surface area (Å²) in [7, 11) is 0. The van der Waals surface area contributed by atoms with E-state index in [1.165, 1.54) is 3.58 Å². The van der Waals surface area contributed by atoms with Crippen LogP contribution in [0.3, 0.4) is 0 Å². The first kappa shape index (κ1) is 18.9. The molecule has 21 heavy (non-hydrogen) atoms. The van der Waals surface area contributed by atoms with E-state index >= 15 is 0 Å². The number of aromatic carboxylic acids is 1. The molecule has 0 aliphatic heterocycles. The number of hydrogen-bond donors (Lipinski definition) is 1. The fourth-order valence-electron chi connectivity index (χ4n) is 1.39. The van der Waals surface area contributed by atoms with Gasteiger partial charge in [-0.15, -0.1) is 0 Å². The summed E-state index contributed by atoms with van der Waals surface area (Å²) >= 11 is 8.62. The molecule has 2 nitrogen and oxygen atoms in total. The first-order valence-electron chi connectivity index (χ1n) is 5.92. The van der Waals surface area contributed by atoms with Gasteiger partial charge >= 0.3 is 89.7 Å². The van der Waals surface area contributed by atoms with E-state index in [-0.39, 0.29) is 0 Å². The summed E-state index contributed by atoms with van der Waals surface area (Å²) in [5.41, 5.74) is 1.23. The molecule has 110 valence electrons. The molecule has 6 heteroatoms. The van der Waals surface area contributed by atoms with E-state index in [0.29, 0.717) is 5.56 Å². The maximum atomic E-state index is 10.4. The van der Waals surface area contributed by atoms with Crippen molar-refractivity contribution in [2.75, 3.05) is 0 Å². The fourth-order valence-corrected chi connectivity index (χ4v) is 8.34. The molecule has 1 N–H and O–H groups in total. The van der Waals surface area contributed by atoms with Gasteiger partial charge in [0, 0.05) is 0 Å². The summed E-state index contributed by atoms with van der Waals surface area (Å²) in [6.45, 7) is 3.56. The van der Waals surface area contributed by atoms with Crippen LogP contribution in [0.25, 0.3) is 6.08 Å². The number of carboxylic acids is 1. The molecule has 0 heterocycles. The average molecular weight is 584 g/mol. The van der Waals surface area contributed by atoms with Gasteiger partial charge in [0.2, 0.25) is 0 Å². The van der Waals surface area contributed by atoms with E-state index in [0.717, 1.165) is 5.56 Å². The third kappa shape index (κ3) is 7.12. The normalized spacial score (nSPS) is 10.2. The number of carbonyl (C=O) groups is 1. The van der Waals surface area contributed by atoms with Gasteiger partial charge in [0.25, 0.3) is 0 Å². The summed E-state index contributed by atoms with van der Waals surface area (Å²) in [5, 5.41) is 8.52. The van der Waals surface area contributed by atoms with Crippen molar-refractivity contribution in [2.45, 2.75) is 0 Å². The summed E-state index contributed by atoms with van der Waals surface area (Å²) in [4.78, 5) is 10.4. The van der Waals surface area contributed by atoms with Crippen molar-refractivity contribution in [3.63, 3.8) is 0 Å². The van der Waals surface area contributed by atoms with Crippen molar-refractivity contribution in [1.29, 1.82) is 0 Å². The molecule has 0 saturated carbocycles. The van der Waals surface area contributed by atoms with Gasteiger partial charge in [-0.05, 0) is 17.7 Å². The maximum absolute atomic E-state index is 10.4. The van der Waals surface area contributed by atoms with Gasteiger partial charge in [-0.1, -0.05) is 24.8 Å². The second-order valence-corrected chi connectivity index (χ2v) is 53.8. The Bertz CT molecular complexity index is 593. The third-order valence-corrected chi connectivity index (χ3v) is 14.5. The third-order valence-electron chi connectivity index (χ3n) is 2.49. The first-order valence-corrected chi connectivity index (χ1v) is 26.5. The van der Waals surface area contributed by atoms with Crippen molar-refractivity contribution in [3.05, 3.63) is 72.3 Å². The minimum atomic E-state index is -2.27. The summed E-state index contributed by atoms with van der Waals surface area (Å²) in [5.74, 6) is -0.902. The van der Waals surface area contributed by atoms with Crippen molar-refractivity contribution >= 4 is 65.5 Å². The Kier molecular flexibility index (Phi) is 8.23. The van der Waals surface area contributed by atoms with Crippen LogP contribution in [0.4, 0.5) is 0 Å². The van der Waals surface area contributed by atoms with Crippen molar-refractivity contribution < 1.29 is 9.90 Å². The first-order chi connectivity index (χ1) is 9.84. The summed E-state index contributed by atoms with van der Waals surface area (Å²) < 4.78 is 1.36. The van der Waals surface area contributed by atoms with Crippen molar-refractivity contribution in [3.8, 4) is 0 Å². The van der Waals surface area contributed by atoms with E-state index in [4.69, 9.17) is 5.11 Å². The van der Waals surface area contributed by atoms with Crippen LogP contribution in [0.2, 0.25) is 0 Å². The van der Waals surface area contributed by atoms with Gasteiger partial charge in [-0.2, -0.15) is 0 Å². The fraction of sp³-hybridized carbons (Fsp3) is 0. The van der Waals surface area contributed by atoms with Crippen molar-refractivity contribution in [2.24, 2.45) is 0 Å². The Morgan fingerprint density at radius 1 is 1.00 bits per heavy atom. The van der Waals surface area contributed by atoms with Crippen LogP contribution >= 0.6 is 38.1 Å². The van der Waals surface area contributed by atoms with Crippen molar-refractivity contribution in [1.82, 2.24) is 0 Å². The Balaban J connectivity index is 0.000000211. The molecular formula is C15H13Br3O2Sn. The molecule has 2 aromatic rings. The zero-order valence-corrected chi connectivity index (χ0v) is 18.6. The summed E-state index contributed by atoms with van der Waals surface area (Å²) in [6, 6.07) is 16.9. The standard InChI is InChI=1S/C9H8O2.C6H5.3BrH.Sn/c1-2-7-3-5-8(6-4-7)9(10)11;1-2-4-6-5-3-1;;;;/h2-6H,1H2,(H,10,11);1-5H;3*1H;/q;;;;;+3/p-3. The second kappa shape index (κ2) is 9.12. The number of halogens is 3. The molecule has 0 amide bonds. The molecular weight excluding hydrogens is 571 g/mol. The number of rotatable bonds is 3. The van der Waals surface area contributed by atoms with Gasteiger partial charge in [0.15, 0.2) is 0 Å². The molecule has 0 radical (unpaired) electrons. The molecule has 2 aromatic carbocycles. The zero-order chi connectivity index (χ0) is 15.9. The second-order valence-electron chi connectivity index (χ2n) is 4.00. The van der Waals surface area contributed by atoms with Gasteiger partial charge in [-0.25, -0.2) is 4.79 Å². The van der Waals surface area contributed by atoms with Crippen LogP contribution in [-0.2, 0) is 0 Å². The van der Waals surface area contributed by atoms with E-state index in [2.05, 4.69) is 56.8 Å². The molecule has 0 aromatic heterocycles. The van der Waals surface area contributed by atoms with Gasteiger partial charge in [0.1, 0.15) is 0 Å². The van der Waals surface area contributed by atoms with E-state index in [9.17, 15) is 4.79 Å². The molecule has 0 bridgehead atoms. The van der Waals surface area contributed by atoms with Gasteiger partial charge in [-0.3, -0.25) is 0 Å². The molecule has 0 aliphatic carbocycles. The van der Waals surface area contributed by atoms with E-state index < -0.39 is 17.7 Å². The summed E-state index contributed by atoms with van der Waals surface area (Å²) in [6.07, 6.45) is 1.67. The zero-order valence-electron chi connectivity index (χ0n) is 11.0. The molecule has 2 rings (SSSR count). The Labute approximate surface area is 146 Å². The van der Waals surface area contributed by atoms with Crippen LogP contribution in [-0.4, -0.2) is 22.8 Å². The van der Waals surface area contributed by atoms with E-state index in [1.807, 2.05) is 18.2 Å². The monoisotopic (exact) mass is 582 g/mol. The Morgan fingerprint density at radius 2 is 1.52 bits per heavy atom. The topological polar surface area (TPSA) is 37.3 Å². The molecule has 0 aliphatic rings. The average Bonchev–Trinajstić information content (AvgIpc) is 2.48. The molecule has 0 fully saturated rings. The van der Waals surface area contributed by atoms with Crippen LogP contribution in [0.1, 0.15) is 15.9 Å². The predicted molar refractivity (Wildman–Crippen MR) is 102 cm³/mol. The molecule has 0 unspecified atom stereocenters. The van der Waals surface area contributed by atoms with Crippen LogP contribution in [0, 0.1) is 0 Å². The van der Waals surface area contributed by atoms with Gasteiger partial charge < -0.3 is 5.11 Å².